The highest BCUT2D eigenvalue weighted by atomic mass is 16.5. The first kappa shape index (κ1) is 14.1. The fourth-order valence-electron chi connectivity index (χ4n) is 2.06. The molecule has 2 rings (SSSR count). The van der Waals surface area contributed by atoms with Gasteiger partial charge in [0.2, 0.25) is 0 Å². The number of rotatable bonds is 6. The molecule has 2 aromatic carbocycles. The molecule has 0 bridgehead atoms. The van der Waals surface area contributed by atoms with Crippen molar-refractivity contribution in [2.24, 2.45) is 0 Å². The molecule has 2 aromatic rings. The monoisotopic (exact) mass is 270 g/mol. The Balaban J connectivity index is 2.06. The van der Waals surface area contributed by atoms with Crippen LogP contribution in [0.5, 0.6) is 11.5 Å². The molecule has 0 amide bonds. The van der Waals surface area contributed by atoms with Crippen molar-refractivity contribution >= 4 is 5.78 Å². The van der Waals surface area contributed by atoms with Crippen LogP contribution in [0.1, 0.15) is 22.3 Å². The molecule has 0 atom stereocenters. The molecular weight excluding hydrogens is 252 g/mol. The molecule has 3 nitrogen and oxygen atoms in total. The Morgan fingerprint density at radius 2 is 1.65 bits per heavy atom. The summed E-state index contributed by atoms with van der Waals surface area (Å²) in [5, 5.41) is 0. The van der Waals surface area contributed by atoms with Gasteiger partial charge in [0.1, 0.15) is 0 Å². The van der Waals surface area contributed by atoms with E-state index in [9.17, 15) is 4.79 Å². The molecule has 104 valence electrons. The summed E-state index contributed by atoms with van der Waals surface area (Å²) < 4.78 is 10.4. The summed E-state index contributed by atoms with van der Waals surface area (Å²) in [5.74, 6) is 1.32. The Morgan fingerprint density at radius 3 is 2.30 bits per heavy atom. The van der Waals surface area contributed by atoms with Crippen LogP contribution >= 0.6 is 0 Å². The standard InChI is InChI=1S/C17H18O3/c1-19-16-11-9-14(12-17(16)20-2)15(18)10-8-13-6-4-3-5-7-13/h3-7,9,11-12H,8,10H2,1-2H3. The van der Waals surface area contributed by atoms with Gasteiger partial charge in [-0.3, -0.25) is 4.79 Å². The lowest BCUT2D eigenvalue weighted by Gasteiger charge is -2.09. The predicted molar refractivity (Wildman–Crippen MR) is 78.6 cm³/mol. The maximum atomic E-state index is 12.2. The van der Waals surface area contributed by atoms with Crippen molar-refractivity contribution in [2.45, 2.75) is 12.8 Å². The summed E-state index contributed by atoms with van der Waals surface area (Å²) in [5.41, 5.74) is 1.82. The first-order chi connectivity index (χ1) is 9.74. The van der Waals surface area contributed by atoms with Crippen molar-refractivity contribution in [1.29, 1.82) is 0 Å². The maximum Gasteiger partial charge on any atom is 0.163 e. The van der Waals surface area contributed by atoms with Gasteiger partial charge in [0.05, 0.1) is 14.2 Å². The number of Topliss-reactive ketones (excluding diaryl/α,β-unsaturated/α-hetero) is 1. The zero-order chi connectivity index (χ0) is 14.4. The second-order valence-corrected chi connectivity index (χ2v) is 4.48. The van der Waals surface area contributed by atoms with Gasteiger partial charge in [0.15, 0.2) is 17.3 Å². The molecular formula is C17H18O3. The fourth-order valence-corrected chi connectivity index (χ4v) is 2.06. The minimum Gasteiger partial charge on any atom is -0.493 e. The van der Waals surface area contributed by atoms with Crippen LogP contribution in [0.2, 0.25) is 0 Å². The van der Waals surface area contributed by atoms with Gasteiger partial charge in [-0.15, -0.1) is 0 Å². The van der Waals surface area contributed by atoms with E-state index < -0.39 is 0 Å². The van der Waals surface area contributed by atoms with Crippen molar-refractivity contribution in [3.05, 3.63) is 59.7 Å². The van der Waals surface area contributed by atoms with Gasteiger partial charge in [0, 0.05) is 12.0 Å². The molecule has 0 saturated heterocycles. The second-order valence-electron chi connectivity index (χ2n) is 4.48. The first-order valence-corrected chi connectivity index (χ1v) is 6.53. The van der Waals surface area contributed by atoms with Crippen LogP contribution in [0, 0.1) is 0 Å². The van der Waals surface area contributed by atoms with Crippen LogP contribution in [0.25, 0.3) is 0 Å². The summed E-state index contributed by atoms with van der Waals surface area (Å²) in [4.78, 5) is 12.2. The Kier molecular flexibility index (Phi) is 4.77. The third-order valence-electron chi connectivity index (χ3n) is 3.19. The molecule has 3 heteroatoms. The largest absolute Gasteiger partial charge is 0.493 e. The molecule has 0 radical (unpaired) electrons. The predicted octanol–water partition coefficient (Wildman–Crippen LogP) is 3.52. The molecule has 0 aliphatic rings. The quantitative estimate of drug-likeness (QED) is 0.753. The van der Waals surface area contributed by atoms with E-state index in [-0.39, 0.29) is 5.78 Å². The molecule has 0 saturated carbocycles. The average Bonchev–Trinajstić information content (AvgIpc) is 2.52. The van der Waals surface area contributed by atoms with E-state index in [1.807, 2.05) is 30.3 Å². The topological polar surface area (TPSA) is 35.5 Å². The van der Waals surface area contributed by atoms with Gasteiger partial charge >= 0.3 is 0 Å². The minimum absolute atomic E-state index is 0.106. The van der Waals surface area contributed by atoms with Crippen molar-refractivity contribution in [3.8, 4) is 11.5 Å². The second kappa shape index (κ2) is 6.75. The number of carbonyl (C=O) groups excluding carboxylic acids is 1. The molecule has 20 heavy (non-hydrogen) atoms. The van der Waals surface area contributed by atoms with Gasteiger partial charge in [0.25, 0.3) is 0 Å². The normalized spacial score (nSPS) is 10.1. The molecule has 0 spiro atoms. The van der Waals surface area contributed by atoms with Gasteiger partial charge < -0.3 is 9.47 Å². The van der Waals surface area contributed by atoms with E-state index >= 15 is 0 Å². The third-order valence-corrected chi connectivity index (χ3v) is 3.19. The van der Waals surface area contributed by atoms with Gasteiger partial charge in [-0.05, 0) is 30.2 Å². The summed E-state index contributed by atoms with van der Waals surface area (Å²) >= 11 is 0. The van der Waals surface area contributed by atoms with E-state index in [1.165, 1.54) is 5.56 Å². The molecule has 0 N–H and O–H groups in total. The van der Waals surface area contributed by atoms with Gasteiger partial charge in [-0.2, -0.15) is 0 Å². The summed E-state index contributed by atoms with van der Waals surface area (Å²) in [7, 11) is 3.14. The Bertz CT molecular complexity index is 576. The van der Waals surface area contributed by atoms with E-state index in [4.69, 9.17) is 9.47 Å². The third kappa shape index (κ3) is 3.38. The van der Waals surface area contributed by atoms with E-state index in [0.29, 0.717) is 23.5 Å². The number of hydrogen-bond acceptors (Lipinski definition) is 3. The number of ketones is 1. The van der Waals surface area contributed by atoms with Crippen LogP contribution in [0.15, 0.2) is 48.5 Å². The summed E-state index contributed by atoms with van der Waals surface area (Å²) in [6.07, 6.45) is 1.23. The van der Waals surface area contributed by atoms with Crippen molar-refractivity contribution in [2.75, 3.05) is 14.2 Å². The van der Waals surface area contributed by atoms with Crippen LogP contribution in [0.4, 0.5) is 0 Å². The molecule has 0 aliphatic heterocycles. The van der Waals surface area contributed by atoms with Crippen molar-refractivity contribution in [3.63, 3.8) is 0 Å². The van der Waals surface area contributed by atoms with E-state index in [0.717, 1.165) is 6.42 Å². The zero-order valence-electron chi connectivity index (χ0n) is 11.8. The average molecular weight is 270 g/mol. The van der Waals surface area contributed by atoms with Crippen LogP contribution < -0.4 is 9.47 Å². The first-order valence-electron chi connectivity index (χ1n) is 6.53. The Morgan fingerprint density at radius 1 is 0.950 bits per heavy atom. The van der Waals surface area contributed by atoms with E-state index in [1.54, 1.807) is 32.4 Å². The highest BCUT2D eigenvalue weighted by Crippen LogP contribution is 2.28. The lowest BCUT2D eigenvalue weighted by Crippen LogP contribution is -2.02. The number of benzene rings is 2. The summed E-state index contributed by atoms with van der Waals surface area (Å²) in [6, 6.07) is 15.3. The highest BCUT2D eigenvalue weighted by molar-refractivity contribution is 5.96. The lowest BCUT2D eigenvalue weighted by atomic mass is 10.0. The number of carbonyl (C=O) groups is 1. The zero-order valence-corrected chi connectivity index (χ0v) is 11.8. The van der Waals surface area contributed by atoms with Crippen LogP contribution in [-0.4, -0.2) is 20.0 Å². The van der Waals surface area contributed by atoms with Crippen molar-refractivity contribution < 1.29 is 14.3 Å². The smallest absolute Gasteiger partial charge is 0.163 e. The lowest BCUT2D eigenvalue weighted by molar-refractivity contribution is 0.0982. The Labute approximate surface area is 119 Å². The van der Waals surface area contributed by atoms with Gasteiger partial charge in [-0.25, -0.2) is 0 Å². The molecule has 0 heterocycles. The summed E-state index contributed by atoms with van der Waals surface area (Å²) in [6.45, 7) is 0. The number of ether oxygens (including phenoxy) is 2. The number of aryl methyl sites for hydroxylation is 1. The fraction of sp³-hybridized carbons (Fsp3) is 0.235. The molecule has 0 aliphatic carbocycles. The number of hydrogen-bond donors (Lipinski definition) is 0. The SMILES string of the molecule is COc1ccc(C(=O)CCc2ccccc2)cc1OC. The van der Waals surface area contributed by atoms with Gasteiger partial charge in [-0.1, -0.05) is 30.3 Å². The molecule has 0 fully saturated rings. The number of methoxy groups -OCH3 is 2. The maximum absolute atomic E-state index is 12.2. The minimum atomic E-state index is 0.106. The highest BCUT2D eigenvalue weighted by Gasteiger charge is 2.10. The molecule has 0 aromatic heterocycles. The van der Waals surface area contributed by atoms with E-state index in [2.05, 4.69) is 0 Å². The Hall–Kier alpha value is -2.29. The van der Waals surface area contributed by atoms with Crippen LogP contribution in [0.3, 0.4) is 0 Å². The molecule has 0 unspecified atom stereocenters. The van der Waals surface area contributed by atoms with Crippen LogP contribution in [-0.2, 0) is 6.42 Å². The van der Waals surface area contributed by atoms with Crippen molar-refractivity contribution in [1.82, 2.24) is 0 Å².